The van der Waals surface area contributed by atoms with E-state index in [1.807, 2.05) is 24.3 Å². The fourth-order valence-electron chi connectivity index (χ4n) is 1.50. The maximum atomic E-state index is 11.1. The Labute approximate surface area is 78.0 Å². The number of benzene rings is 1. The van der Waals surface area contributed by atoms with Crippen LogP contribution in [0.25, 0.3) is 0 Å². The van der Waals surface area contributed by atoms with E-state index in [1.165, 1.54) is 5.56 Å². The molecule has 1 aromatic carbocycles. The number of carbonyl (C=O) groups is 1. The van der Waals surface area contributed by atoms with E-state index in [0.717, 1.165) is 12.0 Å². The second kappa shape index (κ2) is 3.30. The van der Waals surface area contributed by atoms with Gasteiger partial charge in [0.2, 0.25) is 0 Å². The fourth-order valence-corrected chi connectivity index (χ4v) is 1.50. The molecule has 2 nitrogen and oxygen atoms in total. The van der Waals surface area contributed by atoms with Crippen LogP contribution in [0.1, 0.15) is 18.1 Å². The van der Waals surface area contributed by atoms with E-state index in [1.54, 1.807) is 6.92 Å². The second-order valence-corrected chi connectivity index (χ2v) is 3.29. The van der Waals surface area contributed by atoms with Crippen molar-refractivity contribution in [3.63, 3.8) is 0 Å². The van der Waals surface area contributed by atoms with Crippen LogP contribution in [0, 0.1) is 6.54 Å². The van der Waals surface area contributed by atoms with E-state index in [9.17, 15) is 4.79 Å². The van der Waals surface area contributed by atoms with Gasteiger partial charge in [0.15, 0.2) is 0 Å². The zero-order valence-electron chi connectivity index (χ0n) is 7.50. The normalized spacial score (nSPS) is 20.8. The number of rotatable bonds is 1. The van der Waals surface area contributed by atoms with Gasteiger partial charge in [0, 0.05) is 0 Å². The first-order valence-electron chi connectivity index (χ1n) is 4.37. The summed E-state index contributed by atoms with van der Waals surface area (Å²) in [4.78, 5) is 11.1. The van der Waals surface area contributed by atoms with Gasteiger partial charge in [-0.25, -0.2) is 0 Å². The molecule has 1 atom stereocenters. The maximum Gasteiger partial charge on any atom is 0.147 e. The van der Waals surface area contributed by atoms with Crippen molar-refractivity contribution >= 4 is 5.78 Å². The van der Waals surface area contributed by atoms with Crippen molar-refractivity contribution in [3.05, 3.63) is 41.9 Å². The number of hydrogen-bond donors (Lipinski definition) is 1. The molecule has 1 aliphatic heterocycles. The Kier molecular flexibility index (Phi) is 2.15. The molecular formula is C11H11NO. The molecule has 0 aliphatic carbocycles. The first-order chi connectivity index (χ1) is 6.27. The number of hydrogen-bond acceptors (Lipinski definition) is 2. The SMILES string of the molecule is CC(=O)C1Cc2ccccc2[C]N1. The molecule has 0 saturated carbocycles. The molecule has 0 bridgehead atoms. The largest absolute Gasteiger partial charge is 0.298 e. The van der Waals surface area contributed by atoms with Crippen LogP contribution in [0.3, 0.4) is 0 Å². The summed E-state index contributed by atoms with van der Waals surface area (Å²) >= 11 is 0. The average Bonchev–Trinajstić information content (AvgIpc) is 2.17. The highest BCUT2D eigenvalue weighted by atomic mass is 16.1. The molecule has 1 N–H and O–H groups in total. The summed E-state index contributed by atoms with van der Waals surface area (Å²) < 4.78 is 0. The molecule has 1 aromatic rings. The molecule has 1 heterocycles. The van der Waals surface area contributed by atoms with E-state index in [-0.39, 0.29) is 11.8 Å². The van der Waals surface area contributed by atoms with Crippen molar-refractivity contribution in [1.82, 2.24) is 5.32 Å². The number of fused-ring (bicyclic) bond motifs is 1. The molecule has 0 amide bonds. The Bertz CT molecular complexity index is 333. The summed E-state index contributed by atoms with van der Waals surface area (Å²) in [6.45, 7) is 4.63. The van der Waals surface area contributed by atoms with E-state index >= 15 is 0 Å². The van der Waals surface area contributed by atoms with Crippen LogP contribution in [0.2, 0.25) is 0 Å². The van der Waals surface area contributed by atoms with Crippen LogP contribution in [-0.2, 0) is 11.2 Å². The van der Waals surface area contributed by atoms with Gasteiger partial charge < -0.3 is 0 Å². The van der Waals surface area contributed by atoms with Gasteiger partial charge in [-0.3, -0.25) is 10.1 Å². The first-order valence-corrected chi connectivity index (χ1v) is 4.37. The molecule has 0 aromatic heterocycles. The van der Waals surface area contributed by atoms with Crippen molar-refractivity contribution in [2.45, 2.75) is 19.4 Å². The Morgan fingerprint density at radius 3 is 3.08 bits per heavy atom. The first kappa shape index (κ1) is 8.45. The van der Waals surface area contributed by atoms with Gasteiger partial charge >= 0.3 is 0 Å². The molecule has 13 heavy (non-hydrogen) atoms. The summed E-state index contributed by atoms with van der Waals surface area (Å²) in [5, 5.41) is 2.98. The molecule has 0 saturated heterocycles. The van der Waals surface area contributed by atoms with Crippen molar-refractivity contribution in [3.8, 4) is 0 Å². The van der Waals surface area contributed by atoms with E-state index < -0.39 is 0 Å². The monoisotopic (exact) mass is 173 g/mol. The summed E-state index contributed by atoms with van der Waals surface area (Å²) in [5.74, 6) is 0.169. The molecule has 2 radical (unpaired) electrons. The minimum Gasteiger partial charge on any atom is -0.298 e. The lowest BCUT2D eigenvalue weighted by atomic mass is 9.94. The van der Waals surface area contributed by atoms with Crippen molar-refractivity contribution in [2.75, 3.05) is 0 Å². The minimum absolute atomic E-state index is 0.0881. The lowest BCUT2D eigenvalue weighted by Crippen LogP contribution is -2.39. The van der Waals surface area contributed by atoms with Crippen molar-refractivity contribution in [1.29, 1.82) is 0 Å². The molecule has 2 heteroatoms. The van der Waals surface area contributed by atoms with E-state index in [0.29, 0.717) is 0 Å². The molecule has 2 rings (SSSR count). The van der Waals surface area contributed by atoms with E-state index in [2.05, 4.69) is 11.9 Å². The van der Waals surface area contributed by atoms with Crippen LogP contribution < -0.4 is 5.32 Å². The lowest BCUT2D eigenvalue weighted by molar-refractivity contribution is -0.118. The lowest BCUT2D eigenvalue weighted by Gasteiger charge is -2.22. The summed E-state index contributed by atoms with van der Waals surface area (Å²) in [7, 11) is 0. The Morgan fingerprint density at radius 1 is 1.54 bits per heavy atom. The fraction of sp³-hybridized carbons (Fsp3) is 0.273. The third kappa shape index (κ3) is 1.63. The number of ketones is 1. The summed E-state index contributed by atoms with van der Waals surface area (Å²) in [6, 6.07) is 7.91. The van der Waals surface area contributed by atoms with Gasteiger partial charge in [0.05, 0.1) is 12.6 Å². The Morgan fingerprint density at radius 2 is 2.31 bits per heavy atom. The Hall–Kier alpha value is -1.15. The third-order valence-electron chi connectivity index (χ3n) is 2.31. The van der Waals surface area contributed by atoms with Crippen LogP contribution in [0.5, 0.6) is 0 Å². The minimum atomic E-state index is -0.0881. The predicted molar refractivity (Wildman–Crippen MR) is 50.1 cm³/mol. The van der Waals surface area contributed by atoms with Crippen LogP contribution in [0.15, 0.2) is 24.3 Å². The molecule has 66 valence electrons. The smallest absolute Gasteiger partial charge is 0.147 e. The molecular weight excluding hydrogens is 162 g/mol. The quantitative estimate of drug-likeness (QED) is 0.690. The van der Waals surface area contributed by atoms with Crippen molar-refractivity contribution < 1.29 is 4.79 Å². The molecule has 0 spiro atoms. The highest BCUT2D eigenvalue weighted by Gasteiger charge is 2.20. The molecule has 1 unspecified atom stereocenters. The maximum absolute atomic E-state index is 11.1. The van der Waals surface area contributed by atoms with Gasteiger partial charge in [-0.1, -0.05) is 24.3 Å². The molecule has 0 fully saturated rings. The van der Waals surface area contributed by atoms with Gasteiger partial charge in [-0.15, -0.1) is 0 Å². The summed E-state index contributed by atoms with van der Waals surface area (Å²) in [5.41, 5.74) is 2.27. The van der Waals surface area contributed by atoms with Crippen LogP contribution in [0.4, 0.5) is 0 Å². The number of nitrogens with one attached hydrogen (secondary N) is 1. The number of carbonyl (C=O) groups excluding carboxylic acids is 1. The second-order valence-electron chi connectivity index (χ2n) is 3.29. The van der Waals surface area contributed by atoms with Gasteiger partial charge in [-0.2, -0.15) is 0 Å². The Balaban J connectivity index is 2.24. The van der Waals surface area contributed by atoms with Gasteiger partial charge in [-0.05, 0) is 24.5 Å². The van der Waals surface area contributed by atoms with Crippen LogP contribution >= 0.6 is 0 Å². The summed E-state index contributed by atoms with van der Waals surface area (Å²) in [6.07, 6.45) is 0.776. The van der Waals surface area contributed by atoms with Gasteiger partial charge in [0.25, 0.3) is 0 Å². The van der Waals surface area contributed by atoms with Crippen molar-refractivity contribution in [2.24, 2.45) is 0 Å². The predicted octanol–water partition coefficient (Wildman–Crippen LogP) is 1.18. The highest BCUT2D eigenvalue weighted by Crippen LogP contribution is 2.17. The molecule has 1 aliphatic rings. The van der Waals surface area contributed by atoms with E-state index in [4.69, 9.17) is 0 Å². The van der Waals surface area contributed by atoms with Gasteiger partial charge in [0.1, 0.15) is 5.78 Å². The average molecular weight is 173 g/mol. The highest BCUT2D eigenvalue weighted by molar-refractivity contribution is 5.82. The topological polar surface area (TPSA) is 29.1 Å². The number of Topliss-reactive ketones (excluding diaryl/α,β-unsaturated/α-hetero) is 1. The standard InChI is InChI=1S/C11H11NO/c1-8(13)11-6-9-4-2-3-5-10(9)7-12-11/h2-5,11-12H,6H2,1H3. The van der Waals surface area contributed by atoms with Crippen LogP contribution in [-0.4, -0.2) is 11.8 Å². The zero-order chi connectivity index (χ0) is 9.26. The zero-order valence-corrected chi connectivity index (χ0v) is 7.50. The third-order valence-corrected chi connectivity index (χ3v) is 2.31.